The summed E-state index contributed by atoms with van der Waals surface area (Å²) in [7, 11) is 0. The van der Waals surface area contributed by atoms with E-state index >= 15 is 0 Å². The number of nitrogens with one attached hydrogen (secondary N) is 1. The molecular formula is C14H23NS. The number of thiophene rings is 1. The largest absolute Gasteiger partial charge is 0.306 e. The highest BCUT2D eigenvalue weighted by atomic mass is 32.1. The van der Waals surface area contributed by atoms with Crippen molar-refractivity contribution in [3.8, 4) is 0 Å². The highest BCUT2D eigenvalue weighted by Gasteiger charge is 2.27. The minimum Gasteiger partial charge on any atom is -0.306 e. The average Bonchev–Trinajstić information content (AvgIpc) is 2.96. The molecule has 0 bridgehead atoms. The summed E-state index contributed by atoms with van der Waals surface area (Å²) in [4.78, 5) is 1.50. The Morgan fingerprint density at radius 1 is 1.44 bits per heavy atom. The van der Waals surface area contributed by atoms with Gasteiger partial charge in [-0.05, 0) is 36.6 Å². The first-order valence-corrected chi connectivity index (χ1v) is 7.52. The number of hydrogen-bond donors (Lipinski definition) is 1. The molecule has 3 atom stereocenters. The molecule has 16 heavy (non-hydrogen) atoms. The maximum Gasteiger partial charge on any atom is 0.0414 e. The van der Waals surface area contributed by atoms with Crippen molar-refractivity contribution in [2.45, 2.75) is 58.0 Å². The van der Waals surface area contributed by atoms with E-state index in [0.29, 0.717) is 6.04 Å². The van der Waals surface area contributed by atoms with Crippen LogP contribution < -0.4 is 5.32 Å². The van der Waals surface area contributed by atoms with E-state index in [0.717, 1.165) is 12.0 Å². The van der Waals surface area contributed by atoms with E-state index in [1.165, 1.54) is 37.0 Å². The fourth-order valence-corrected chi connectivity index (χ4v) is 3.76. The van der Waals surface area contributed by atoms with Crippen LogP contribution in [-0.4, -0.2) is 6.04 Å². The Bertz CT molecular complexity index is 294. The van der Waals surface area contributed by atoms with Crippen LogP contribution in [-0.2, 0) is 0 Å². The van der Waals surface area contributed by atoms with Crippen LogP contribution in [0.1, 0.15) is 56.9 Å². The molecule has 90 valence electrons. The molecule has 0 aliphatic heterocycles. The van der Waals surface area contributed by atoms with Gasteiger partial charge in [-0.15, -0.1) is 11.3 Å². The monoisotopic (exact) mass is 237 g/mol. The second-order valence-electron chi connectivity index (χ2n) is 4.85. The maximum atomic E-state index is 3.88. The van der Waals surface area contributed by atoms with E-state index in [1.54, 1.807) is 0 Å². The van der Waals surface area contributed by atoms with Gasteiger partial charge in [0.1, 0.15) is 0 Å². The molecule has 1 aromatic rings. The van der Waals surface area contributed by atoms with Gasteiger partial charge in [-0.1, -0.05) is 32.8 Å². The van der Waals surface area contributed by atoms with Gasteiger partial charge in [0.2, 0.25) is 0 Å². The van der Waals surface area contributed by atoms with Crippen LogP contribution in [0.15, 0.2) is 17.5 Å². The third-order valence-corrected chi connectivity index (χ3v) is 4.88. The smallest absolute Gasteiger partial charge is 0.0414 e. The second-order valence-corrected chi connectivity index (χ2v) is 5.83. The second kappa shape index (κ2) is 5.83. The van der Waals surface area contributed by atoms with E-state index in [4.69, 9.17) is 0 Å². The Labute approximate surface area is 103 Å². The predicted octanol–water partition coefficient (Wildman–Crippen LogP) is 4.37. The molecule has 3 unspecified atom stereocenters. The molecule has 0 radical (unpaired) electrons. The number of rotatable bonds is 5. The highest BCUT2D eigenvalue weighted by Crippen LogP contribution is 2.31. The maximum absolute atomic E-state index is 3.88. The Balaban J connectivity index is 1.96. The van der Waals surface area contributed by atoms with Crippen LogP contribution in [0.2, 0.25) is 0 Å². The van der Waals surface area contributed by atoms with Crippen molar-refractivity contribution >= 4 is 11.3 Å². The van der Waals surface area contributed by atoms with Crippen molar-refractivity contribution in [3.63, 3.8) is 0 Å². The summed E-state index contributed by atoms with van der Waals surface area (Å²) in [5.74, 6) is 0.911. The van der Waals surface area contributed by atoms with Crippen molar-refractivity contribution in [1.82, 2.24) is 5.32 Å². The lowest BCUT2D eigenvalue weighted by Crippen LogP contribution is -2.34. The molecule has 1 nitrogen and oxygen atoms in total. The van der Waals surface area contributed by atoms with E-state index in [9.17, 15) is 0 Å². The van der Waals surface area contributed by atoms with Crippen LogP contribution >= 0.6 is 11.3 Å². The predicted molar refractivity (Wildman–Crippen MR) is 71.9 cm³/mol. The molecule has 1 aliphatic carbocycles. The van der Waals surface area contributed by atoms with Crippen molar-refractivity contribution in [2.24, 2.45) is 5.92 Å². The molecule has 2 heteroatoms. The first kappa shape index (κ1) is 12.1. The van der Waals surface area contributed by atoms with Gasteiger partial charge in [0.25, 0.3) is 0 Å². The average molecular weight is 237 g/mol. The lowest BCUT2D eigenvalue weighted by molar-refractivity contribution is 0.348. The van der Waals surface area contributed by atoms with E-state index in [1.807, 2.05) is 11.3 Å². The molecule has 1 heterocycles. The summed E-state index contributed by atoms with van der Waals surface area (Å²) in [6.07, 6.45) is 6.75. The standard InChI is InChI=1S/C14H23NS/c1-3-11-7-5-8-13(11)15-12(4-2)14-9-6-10-16-14/h6,9-13,15H,3-5,7-8H2,1-2H3. The van der Waals surface area contributed by atoms with Crippen LogP contribution in [0.25, 0.3) is 0 Å². The minimum atomic E-state index is 0.581. The third-order valence-electron chi connectivity index (χ3n) is 3.89. The third kappa shape index (κ3) is 2.67. The van der Waals surface area contributed by atoms with Crippen molar-refractivity contribution in [2.75, 3.05) is 0 Å². The van der Waals surface area contributed by atoms with Crippen LogP contribution in [0.3, 0.4) is 0 Å². The number of hydrogen-bond acceptors (Lipinski definition) is 2. The summed E-state index contributed by atoms with van der Waals surface area (Å²) in [5.41, 5.74) is 0. The van der Waals surface area contributed by atoms with Gasteiger partial charge in [-0.25, -0.2) is 0 Å². The molecule has 1 N–H and O–H groups in total. The lowest BCUT2D eigenvalue weighted by atomic mass is 9.99. The van der Waals surface area contributed by atoms with Crippen molar-refractivity contribution in [1.29, 1.82) is 0 Å². The van der Waals surface area contributed by atoms with E-state index < -0.39 is 0 Å². The molecule has 0 spiro atoms. The van der Waals surface area contributed by atoms with Crippen molar-refractivity contribution < 1.29 is 0 Å². The van der Waals surface area contributed by atoms with Gasteiger partial charge >= 0.3 is 0 Å². The van der Waals surface area contributed by atoms with Gasteiger partial charge in [0.15, 0.2) is 0 Å². The quantitative estimate of drug-likeness (QED) is 0.802. The zero-order valence-electron chi connectivity index (χ0n) is 10.4. The van der Waals surface area contributed by atoms with Crippen LogP contribution in [0, 0.1) is 5.92 Å². The van der Waals surface area contributed by atoms with Crippen LogP contribution in [0.5, 0.6) is 0 Å². The van der Waals surface area contributed by atoms with Gasteiger partial charge in [0.05, 0.1) is 0 Å². The molecular weight excluding hydrogens is 214 g/mol. The summed E-state index contributed by atoms with van der Waals surface area (Å²) >= 11 is 1.89. The zero-order valence-corrected chi connectivity index (χ0v) is 11.2. The SMILES string of the molecule is CCC(NC1CCCC1CC)c1cccs1. The Kier molecular flexibility index (Phi) is 4.42. The van der Waals surface area contributed by atoms with Gasteiger partial charge in [-0.2, -0.15) is 0 Å². The molecule has 1 aromatic heterocycles. The molecule has 0 amide bonds. The molecule has 0 aromatic carbocycles. The fraction of sp³-hybridized carbons (Fsp3) is 0.714. The molecule has 2 rings (SSSR count). The summed E-state index contributed by atoms with van der Waals surface area (Å²) in [5, 5.41) is 6.07. The minimum absolute atomic E-state index is 0.581. The van der Waals surface area contributed by atoms with E-state index in [-0.39, 0.29) is 0 Å². The Morgan fingerprint density at radius 3 is 2.94 bits per heavy atom. The highest BCUT2D eigenvalue weighted by molar-refractivity contribution is 7.10. The topological polar surface area (TPSA) is 12.0 Å². The normalized spacial score (nSPS) is 27.1. The van der Waals surface area contributed by atoms with Gasteiger partial charge in [-0.3, -0.25) is 0 Å². The summed E-state index contributed by atoms with van der Waals surface area (Å²) in [6.45, 7) is 4.62. The fourth-order valence-electron chi connectivity index (χ4n) is 2.89. The molecule has 0 saturated heterocycles. The summed E-state index contributed by atoms with van der Waals surface area (Å²) < 4.78 is 0. The first-order valence-electron chi connectivity index (χ1n) is 6.64. The summed E-state index contributed by atoms with van der Waals surface area (Å²) in [6, 6.07) is 5.77. The van der Waals surface area contributed by atoms with Crippen LogP contribution in [0.4, 0.5) is 0 Å². The first-order chi connectivity index (χ1) is 7.85. The molecule has 1 saturated carbocycles. The Morgan fingerprint density at radius 2 is 2.31 bits per heavy atom. The lowest BCUT2D eigenvalue weighted by Gasteiger charge is -2.25. The van der Waals surface area contributed by atoms with E-state index in [2.05, 4.69) is 36.7 Å². The van der Waals surface area contributed by atoms with Gasteiger partial charge in [0, 0.05) is 17.0 Å². The Hall–Kier alpha value is -0.340. The molecule has 1 aliphatic rings. The van der Waals surface area contributed by atoms with Gasteiger partial charge < -0.3 is 5.32 Å². The van der Waals surface area contributed by atoms with Crippen molar-refractivity contribution in [3.05, 3.63) is 22.4 Å². The zero-order chi connectivity index (χ0) is 11.4. The molecule has 1 fully saturated rings.